The Morgan fingerprint density at radius 2 is 1.77 bits per heavy atom. The van der Waals surface area contributed by atoms with Crippen LogP contribution in [0.15, 0.2) is 42.5 Å². The Balaban J connectivity index is 1.84. The number of hydrogen-bond donors (Lipinski definition) is 1. The molecule has 0 unspecified atom stereocenters. The van der Waals surface area contributed by atoms with Gasteiger partial charge in [0.05, 0.1) is 13.7 Å². The van der Waals surface area contributed by atoms with Crippen LogP contribution in [0, 0.1) is 13.8 Å². The van der Waals surface area contributed by atoms with Crippen LogP contribution < -0.4 is 14.8 Å². The Labute approximate surface area is 131 Å². The number of rotatable bonds is 6. The predicted molar refractivity (Wildman–Crippen MR) is 86.7 cm³/mol. The van der Waals surface area contributed by atoms with Gasteiger partial charge >= 0.3 is 0 Å². The summed E-state index contributed by atoms with van der Waals surface area (Å²) >= 11 is 0. The molecule has 1 amide bonds. The van der Waals surface area contributed by atoms with E-state index in [-0.39, 0.29) is 5.91 Å². The monoisotopic (exact) mass is 299 g/mol. The van der Waals surface area contributed by atoms with Gasteiger partial charge < -0.3 is 14.8 Å². The van der Waals surface area contributed by atoms with E-state index >= 15 is 0 Å². The van der Waals surface area contributed by atoms with E-state index in [1.165, 1.54) is 0 Å². The maximum atomic E-state index is 12.0. The second-order valence-corrected chi connectivity index (χ2v) is 5.06. The molecule has 0 heterocycles. The zero-order chi connectivity index (χ0) is 15.9. The summed E-state index contributed by atoms with van der Waals surface area (Å²) in [5.41, 5.74) is 2.77. The van der Waals surface area contributed by atoms with E-state index in [9.17, 15) is 4.79 Å². The van der Waals surface area contributed by atoms with E-state index in [1.54, 1.807) is 31.4 Å². The minimum atomic E-state index is -0.135. The lowest BCUT2D eigenvalue weighted by atomic mass is 10.1. The van der Waals surface area contributed by atoms with E-state index < -0.39 is 0 Å². The molecule has 2 aromatic rings. The molecule has 4 heteroatoms. The lowest BCUT2D eigenvalue weighted by Crippen LogP contribution is -2.28. The number of carbonyl (C=O) groups is 1. The predicted octanol–water partition coefficient (Wildman–Crippen LogP) is 3.12. The number of aryl methyl sites for hydroxylation is 2. The van der Waals surface area contributed by atoms with Crippen molar-refractivity contribution in [2.24, 2.45) is 0 Å². The molecule has 0 atom stereocenters. The topological polar surface area (TPSA) is 47.6 Å². The largest absolute Gasteiger partial charge is 0.497 e. The van der Waals surface area contributed by atoms with Gasteiger partial charge in [-0.25, -0.2) is 0 Å². The molecule has 0 spiro atoms. The summed E-state index contributed by atoms with van der Waals surface area (Å²) in [5.74, 6) is 1.42. The van der Waals surface area contributed by atoms with E-state index in [2.05, 4.69) is 5.32 Å². The number of para-hydroxylation sites is 1. The van der Waals surface area contributed by atoms with Crippen molar-refractivity contribution in [2.45, 2.75) is 13.8 Å². The number of methoxy groups -OCH3 is 1. The fourth-order valence-electron chi connectivity index (χ4n) is 2.21. The van der Waals surface area contributed by atoms with Gasteiger partial charge in [0, 0.05) is 5.56 Å². The molecule has 0 saturated carbocycles. The second-order valence-electron chi connectivity index (χ2n) is 5.06. The molecule has 0 aromatic heterocycles. The Kier molecular flexibility index (Phi) is 5.42. The van der Waals surface area contributed by atoms with Gasteiger partial charge in [-0.2, -0.15) is 0 Å². The Bertz CT molecular complexity index is 632. The number of nitrogens with one attached hydrogen (secondary N) is 1. The number of ether oxygens (including phenoxy) is 2. The fraction of sp³-hybridized carbons (Fsp3) is 0.278. The fourth-order valence-corrected chi connectivity index (χ4v) is 2.21. The van der Waals surface area contributed by atoms with Crippen LogP contribution in [-0.4, -0.2) is 26.2 Å². The van der Waals surface area contributed by atoms with Crippen molar-refractivity contribution in [2.75, 3.05) is 20.3 Å². The highest BCUT2D eigenvalue weighted by molar-refractivity contribution is 5.94. The Morgan fingerprint density at radius 1 is 1.09 bits per heavy atom. The maximum Gasteiger partial charge on any atom is 0.251 e. The Morgan fingerprint density at radius 3 is 2.45 bits per heavy atom. The highest BCUT2D eigenvalue weighted by atomic mass is 16.5. The van der Waals surface area contributed by atoms with Crippen molar-refractivity contribution >= 4 is 5.91 Å². The summed E-state index contributed by atoms with van der Waals surface area (Å²) in [6.07, 6.45) is 0. The van der Waals surface area contributed by atoms with Crippen molar-refractivity contribution < 1.29 is 14.3 Å². The standard InChI is InChI=1S/C18H21NO3/c1-13-6-4-7-14(2)17(13)22-11-10-19-18(20)15-8-5-9-16(12-15)21-3/h4-9,12H,10-11H2,1-3H3,(H,19,20). The number of hydrogen-bond acceptors (Lipinski definition) is 3. The lowest BCUT2D eigenvalue weighted by molar-refractivity contribution is 0.0946. The van der Waals surface area contributed by atoms with Crippen LogP contribution in [0.2, 0.25) is 0 Å². The number of benzene rings is 2. The van der Waals surface area contributed by atoms with Gasteiger partial charge in [-0.15, -0.1) is 0 Å². The van der Waals surface area contributed by atoms with E-state index in [0.29, 0.717) is 24.5 Å². The first kappa shape index (κ1) is 15.9. The first-order valence-corrected chi connectivity index (χ1v) is 7.23. The van der Waals surface area contributed by atoms with Crippen LogP contribution in [0.4, 0.5) is 0 Å². The SMILES string of the molecule is COc1cccc(C(=O)NCCOc2c(C)cccc2C)c1. The zero-order valence-electron chi connectivity index (χ0n) is 13.2. The molecule has 0 bridgehead atoms. The van der Waals surface area contributed by atoms with Gasteiger partial charge in [-0.3, -0.25) is 4.79 Å². The van der Waals surface area contributed by atoms with Gasteiger partial charge in [0.25, 0.3) is 5.91 Å². The highest BCUT2D eigenvalue weighted by Gasteiger charge is 2.07. The molecule has 0 aliphatic rings. The quantitative estimate of drug-likeness (QED) is 0.834. The molecular formula is C18H21NO3. The Hall–Kier alpha value is -2.49. The number of amides is 1. The van der Waals surface area contributed by atoms with Crippen molar-refractivity contribution in [1.82, 2.24) is 5.32 Å². The molecule has 116 valence electrons. The van der Waals surface area contributed by atoms with Crippen LogP contribution in [0.3, 0.4) is 0 Å². The molecule has 2 rings (SSSR count). The molecule has 0 aliphatic heterocycles. The molecule has 0 fully saturated rings. The van der Waals surface area contributed by atoms with Crippen molar-refractivity contribution in [3.05, 3.63) is 59.2 Å². The average molecular weight is 299 g/mol. The third kappa shape index (κ3) is 4.01. The maximum absolute atomic E-state index is 12.0. The molecule has 2 aromatic carbocycles. The summed E-state index contributed by atoms with van der Waals surface area (Å²) in [4.78, 5) is 12.0. The normalized spacial score (nSPS) is 10.1. The van der Waals surface area contributed by atoms with Gasteiger partial charge in [0.1, 0.15) is 18.1 Å². The van der Waals surface area contributed by atoms with Gasteiger partial charge in [0.15, 0.2) is 0 Å². The van der Waals surface area contributed by atoms with Gasteiger partial charge in [-0.1, -0.05) is 24.3 Å². The molecule has 1 N–H and O–H groups in total. The smallest absolute Gasteiger partial charge is 0.251 e. The van der Waals surface area contributed by atoms with Gasteiger partial charge in [-0.05, 0) is 43.2 Å². The highest BCUT2D eigenvalue weighted by Crippen LogP contribution is 2.21. The first-order chi connectivity index (χ1) is 10.6. The summed E-state index contributed by atoms with van der Waals surface area (Å²) in [6, 6.07) is 13.1. The molecular weight excluding hydrogens is 278 g/mol. The average Bonchev–Trinajstić information content (AvgIpc) is 2.53. The minimum Gasteiger partial charge on any atom is -0.497 e. The van der Waals surface area contributed by atoms with Crippen LogP contribution in [-0.2, 0) is 0 Å². The summed E-state index contributed by atoms with van der Waals surface area (Å²) in [5, 5.41) is 2.84. The van der Waals surface area contributed by atoms with E-state index in [1.807, 2.05) is 32.0 Å². The minimum absolute atomic E-state index is 0.135. The summed E-state index contributed by atoms with van der Waals surface area (Å²) in [7, 11) is 1.58. The van der Waals surface area contributed by atoms with Crippen LogP contribution in [0.25, 0.3) is 0 Å². The van der Waals surface area contributed by atoms with Crippen LogP contribution in [0.5, 0.6) is 11.5 Å². The molecule has 0 saturated heterocycles. The molecule has 0 radical (unpaired) electrons. The summed E-state index contributed by atoms with van der Waals surface area (Å²) in [6.45, 7) is 4.90. The molecule has 22 heavy (non-hydrogen) atoms. The van der Waals surface area contributed by atoms with Crippen molar-refractivity contribution in [1.29, 1.82) is 0 Å². The van der Waals surface area contributed by atoms with Crippen LogP contribution >= 0.6 is 0 Å². The van der Waals surface area contributed by atoms with Crippen molar-refractivity contribution in [3.8, 4) is 11.5 Å². The van der Waals surface area contributed by atoms with E-state index in [4.69, 9.17) is 9.47 Å². The third-order valence-electron chi connectivity index (χ3n) is 3.37. The second kappa shape index (κ2) is 7.50. The summed E-state index contributed by atoms with van der Waals surface area (Å²) < 4.78 is 10.9. The van der Waals surface area contributed by atoms with Gasteiger partial charge in [0.2, 0.25) is 0 Å². The molecule has 4 nitrogen and oxygen atoms in total. The van der Waals surface area contributed by atoms with Crippen LogP contribution in [0.1, 0.15) is 21.5 Å². The zero-order valence-corrected chi connectivity index (χ0v) is 13.2. The lowest BCUT2D eigenvalue weighted by Gasteiger charge is -2.12. The molecule has 0 aliphatic carbocycles. The number of carbonyl (C=O) groups excluding carboxylic acids is 1. The third-order valence-corrected chi connectivity index (χ3v) is 3.37. The first-order valence-electron chi connectivity index (χ1n) is 7.23. The van der Waals surface area contributed by atoms with Crippen molar-refractivity contribution in [3.63, 3.8) is 0 Å². The van der Waals surface area contributed by atoms with E-state index in [0.717, 1.165) is 16.9 Å².